The van der Waals surface area contributed by atoms with Crippen molar-refractivity contribution in [1.82, 2.24) is 5.32 Å². The predicted molar refractivity (Wildman–Crippen MR) is 110 cm³/mol. The molecule has 0 spiro atoms. The predicted octanol–water partition coefficient (Wildman–Crippen LogP) is 3.91. The summed E-state index contributed by atoms with van der Waals surface area (Å²) in [7, 11) is 1.60. The summed E-state index contributed by atoms with van der Waals surface area (Å²) in [6.45, 7) is 1.20. The fraction of sp³-hybridized carbons (Fsp3) is 0.238. The van der Waals surface area contributed by atoms with E-state index in [0.717, 1.165) is 34.3 Å². The van der Waals surface area contributed by atoms with Crippen molar-refractivity contribution >= 4 is 39.5 Å². The monoisotopic (exact) mass is 428 g/mol. The van der Waals surface area contributed by atoms with E-state index in [2.05, 4.69) is 21.2 Å². The molecule has 5 nitrogen and oxygen atoms in total. The minimum absolute atomic E-state index is 0.171. The topological polar surface area (TPSA) is 58.6 Å². The van der Waals surface area contributed by atoms with E-state index >= 15 is 0 Å². The average Bonchev–Trinajstić information content (AvgIpc) is 3.11. The molecule has 0 atom stereocenters. The summed E-state index contributed by atoms with van der Waals surface area (Å²) in [6, 6.07) is 13.3. The molecule has 3 rings (SSSR count). The Bertz CT molecular complexity index is 862. The van der Waals surface area contributed by atoms with Crippen LogP contribution in [0.15, 0.2) is 53.0 Å². The number of hydrogen-bond donors (Lipinski definition) is 1. The molecule has 6 heteroatoms. The number of hydrogen-bond acceptors (Lipinski definition) is 3. The fourth-order valence-electron chi connectivity index (χ4n) is 2.96. The van der Waals surface area contributed by atoms with Crippen molar-refractivity contribution in [2.45, 2.75) is 19.4 Å². The first-order chi connectivity index (χ1) is 13.1. The smallest absolute Gasteiger partial charge is 0.244 e. The van der Waals surface area contributed by atoms with E-state index < -0.39 is 0 Å². The molecule has 1 saturated heterocycles. The Balaban J connectivity index is 1.56. The molecule has 0 aromatic heterocycles. The van der Waals surface area contributed by atoms with Gasteiger partial charge in [-0.15, -0.1) is 0 Å². The second-order valence-electron chi connectivity index (χ2n) is 6.25. The molecule has 2 aromatic carbocycles. The lowest BCUT2D eigenvalue weighted by Gasteiger charge is -2.15. The number of carbonyl (C=O) groups excluding carboxylic acids is 2. The summed E-state index contributed by atoms with van der Waals surface area (Å²) < 4.78 is 6.21. The summed E-state index contributed by atoms with van der Waals surface area (Å²) in [5.41, 5.74) is 2.71. The zero-order valence-electron chi connectivity index (χ0n) is 15.1. The molecule has 27 heavy (non-hydrogen) atoms. The molecular formula is C21H21BrN2O3. The van der Waals surface area contributed by atoms with Crippen molar-refractivity contribution in [1.29, 1.82) is 0 Å². The van der Waals surface area contributed by atoms with E-state index in [1.54, 1.807) is 18.1 Å². The molecule has 1 aliphatic rings. The molecule has 1 heterocycles. The minimum atomic E-state index is -0.184. The largest absolute Gasteiger partial charge is 0.496 e. The van der Waals surface area contributed by atoms with Gasteiger partial charge in [-0.05, 0) is 48.4 Å². The van der Waals surface area contributed by atoms with Gasteiger partial charge in [0.2, 0.25) is 11.8 Å². The SMILES string of the molecule is COc1ccc(Br)cc1/C=C/C(=O)NCc1ccc(N2CCCC2=O)cc1. The van der Waals surface area contributed by atoms with Crippen LogP contribution in [0.2, 0.25) is 0 Å². The van der Waals surface area contributed by atoms with Gasteiger partial charge >= 0.3 is 0 Å². The van der Waals surface area contributed by atoms with Gasteiger partial charge in [0.1, 0.15) is 5.75 Å². The standard InChI is InChI=1S/C21H21BrN2O3/c1-27-19-10-7-17(22)13-16(19)6-11-20(25)23-14-15-4-8-18(9-5-15)24-12-2-3-21(24)26/h4-11,13H,2-3,12,14H2,1H3,(H,23,25)/b11-6+. The highest BCUT2D eigenvalue weighted by Gasteiger charge is 2.21. The van der Waals surface area contributed by atoms with E-state index in [1.807, 2.05) is 42.5 Å². The molecule has 0 unspecified atom stereocenters. The van der Waals surface area contributed by atoms with Crippen molar-refractivity contribution in [2.75, 3.05) is 18.6 Å². The van der Waals surface area contributed by atoms with Crippen molar-refractivity contribution < 1.29 is 14.3 Å². The zero-order chi connectivity index (χ0) is 19.2. The van der Waals surface area contributed by atoms with E-state index in [1.165, 1.54) is 6.08 Å². The molecule has 1 aliphatic heterocycles. The fourth-order valence-corrected chi connectivity index (χ4v) is 3.34. The number of amides is 2. The number of methoxy groups -OCH3 is 1. The van der Waals surface area contributed by atoms with Crippen LogP contribution >= 0.6 is 15.9 Å². The molecule has 2 aromatic rings. The molecular weight excluding hydrogens is 408 g/mol. The van der Waals surface area contributed by atoms with Gasteiger partial charge in [0, 0.05) is 41.3 Å². The van der Waals surface area contributed by atoms with Crippen LogP contribution in [0.3, 0.4) is 0 Å². The van der Waals surface area contributed by atoms with Crippen LogP contribution in [0, 0.1) is 0 Å². The maximum Gasteiger partial charge on any atom is 0.244 e. The zero-order valence-corrected chi connectivity index (χ0v) is 16.7. The van der Waals surface area contributed by atoms with Crippen LogP contribution < -0.4 is 15.0 Å². The number of ether oxygens (including phenoxy) is 1. The third kappa shape index (κ3) is 4.98. The summed E-state index contributed by atoms with van der Waals surface area (Å²) in [5, 5.41) is 2.86. The summed E-state index contributed by atoms with van der Waals surface area (Å²) >= 11 is 3.41. The molecule has 140 valence electrons. The van der Waals surface area contributed by atoms with Crippen LogP contribution in [0.5, 0.6) is 5.75 Å². The highest BCUT2D eigenvalue weighted by Crippen LogP contribution is 2.24. The van der Waals surface area contributed by atoms with Gasteiger partial charge < -0.3 is 15.0 Å². The molecule has 0 radical (unpaired) electrons. The maximum atomic E-state index is 12.1. The number of carbonyl (C=O) groups is 2. The van der Waals surface area contributed by atoms with Crippen LogP contribution in [-0.4, -0.2) is 25.5 Å². The van der Waals surface area contributed by atoms with Crippen molar-refractivity contribution in [3.8, 4) is 5.75 Å². The molecule has 1 N–H and O–H groups in total. The number of anilines is 1. The third-order valence-corrected chi connectivity index (χ3v) is 4.89. The number of nitrogens with zero attached hydrogens (tertiary/aromatic N) is 1. The summed E-state index contributed by atoms with van der Waals surface area (Å²) in [5.74, 6) is 0.689. The highest BCUT2D eigenvalue weighted by atomic mass is 79.9. The number of benzene rings is 2. The van der Waals surface area contributed by atoms with Crippen LogP contribution in [0.4, 0.5) is 5.69 Å². The molecule has 2 amide bonds. The van der Waals surface area contributed by atoms with Crippen LogP contribution in [-0.2, 0) is 16.1 Å². The lowest BCUT2D eigenvalue weighted by Crippen LogP contribution is -2.23. The number of nitrogens with one attached hydrogen (secondary N) is 1. The average molecular weight is 429 g/mol. The van der Waals surface area contributed by atoms with E-state index in [-0.39, 0.29) is 11.8 Å². The number of rotatable bonds is 6. The molecule has 1 fully saturated rings. The summed E-state index contributed by atoms with van der Waals surface area (Å²) in [6.07, 6.45) is 4.74. The quantitative estimate of drug-likeness (QED) is 0.709. The normalized spacial score (nSPS) is 14.0. The lowest BCUT2D eigenvalue weighted by atomic mass is 10.1. The second-order valence-corrected chi connectivity index (χ2v) is 7.17. The number of halogens is 1. The molecule has 0 bridgehead atoms. The first-order valence-corrected chi connectivity index (χ1v) is 9.55. The Labute approximate surface area is 167 Å². The maximum absolute atomic E-state index is 12.1. The Morgan fingerprint density at radius 3 is 2.70 bits per heavy atom. The van der Waals surface area contributed by atoms with E-state index in [0.29, 0.717) is 18.7 Å². The van der Waals surface area contributed by atoms with Gasteiger partial charge in [-0.3, -0.25) is 9.59 Å². The minimum Gasteiger partial charge on any atom is -0.496 e. The third-order valence-electron chi connectivity index (χ3n) is 4.39. The Morgan fingerprint density at radius 2 is 2.04 bits per heavy atom. The second kappa shape index (κ2) is 8.86. The Hall–Kier alpha value is -2.60. The Morgan fingerprint density at radius 1 is 1.26 bits per heavy atom. The van der Waals surface area contributed by atoms with E-state index in [4.69, 9.17) is 4.74 Å². The molecule has 0 saturated carbocycles. The first kappa shape index (κ1) is 19.2. The van der Waals surface area contributed by atoms with E-state index in [9.17, 15) is 9.59 Å². The molecule has 0 aliphatic carbocycles. The summed E-state index contributed by atoms with van der Waals surface area (Å²) in [4.78, 5) is 25.7. The van der Waals surface area contributed by atoms with Gasteiger partial charge in [-0.25, -0.2) is 0 Å². The van der Waals surface area contributed by atoms with Gasteiger partial charge in [0.25, 0.3) is 0 Å². The van der Waals surface area contributed by atoms with Crippen LogP contribution in [0.25, 0.3) is 6.08 Å². The van der Waals surface area contributed by atoms with Crippen molar-refractivity contribution in [3.63, 3.8) is 0 Å². The van der Waals surface area contributed by atoms with Crippen molar-refractivity contribution in [2.24, 2.45) is 0 Å². The van der Waals surface area contributed by atoms with Crippen molar-refractivity contribution in [3.05, 3.63) is 64.1 Å². The van der Waals surface area contributed by atoms with Gasteiger partial charge in [-0.2, -0.15) is 0 Å². The van der Waals surface area contributed by atoms with Crippen LogP contribution in [0.1, 0.15) is 24.0 Å². The highest BCUT2D eigenvalue weighted by molar-refractivity contribution is 9.10. The van der Waals surface area contributed by atoms with Gasteiger partial charge in [-0.1, -0.05) is 28.1 Å². The Kier molecular flexibility index (Phi) is 6.29. The first-order valence-electron chi connectivity index (χ1n) is 8.75. The van der Waals surface area contributed by atoms with Gasteiger partial charge in [0.15, 0.2) is 0 Å². The lowest BCUT2D eigenvalue weighted by molar-refractivity contribution is -0.117. The van der Waals surface area contributed by atoms with Gasteiger partial charge in [0.05, 0.1) is 7.11 Å².